The third-order valence-electron chi connectivity index (χ3n) is 4.18. The number of nitrogens with one attached hydrogen (secondary N) is 1. The van der Waals surface area contributed by atoms with Crippen LogP contribution in [0, 0.1) is 17.1 Å². The number of rotatable bonds is 5. The Balaban J connectivity index is 1.90. The van der Waals surface area contributed by atoms with E-state index in [1.54, 1.807) is 12.1 Å². The zero-order valence-electron chi connectivity index (χ0n) is 15.2. The van der Waals surface area contributed by atoms with Crippen molar-refractivity contribution < 1.29 is 14.3 Å². The summed E-state index contributed by atoms with van der Waals surface area (Å²) in [6.07, 6.45) is 1.96. The van der Waals surface area contributed by atoms with Crippen molar-refractivity contribution in [1.82, 2.24) is 0 Å². The van der Waals surface area contributed by atoms with E-state index in [0.29, 0.717) is 17.7 Å². The van der Waals surface area contributed by atoms with Gasteiger partial charge in [-0.25, -0.2) is 4.39 Å². The summed E-state index contributed by atoms with van der Waals surface area (Å²) in [6.45, 7) is 0. The number of halogens is 2. The Hall–Kier alpha value is -3.43. The third kappa shape index (κ3) is 5.53. The van der Waals surface area contributed by atoms with Gasteiger partial charge in [-0.3, -0.25) is 4.79 Å². The van der Waals surface area contributed by atoms with Gasteiger partial charge in [-0.15, -0.1) is 0 Å². The fraction of sp³-hybridized carbons (Fsp3) is 0.0435. The quantitative estimate of drug-likeness (QED) is 0.309. The van der Waals surface area contributed by atoms with E-state index in [9.17, 15) is 19.6 Å². The smallest absolute Gasteiger partial charge is 0.266 e. The van der Waals surface area contributed by atoms with Gasteiger partial charge in [0.2, 0.25) is 0 Å². The lowest BCUT2D eigenvalue weighted by Crippen LogP contribution is -2.13. The summed E-state index contributed by atoms with van der Waals surface area (Å²) >= 11 is 3.41. The van der Waals surface area contributed by atoms with Gasteiger partial charge in [0.15, 0.2) is 0 Å². The van der Waals surface area contributed by atoms with E-state index < -0.39 is 5.91 Å². The van der Waals surface area contributed by atoms with Crippen LogP contribution in [0.4, 0.5) is 10.1 Å². The van der Waals surface area contributed by atoms with Crippen molar-refractivity contribution >= 4 is 33.6 Å². The Morgan fingerprint density at radius 2 is 1.90 bits per heavy atom. The third-order valence-corrected chi connectivity index (χ3v) is 4.67. The van der Waals surface area contributed by atoms with Crippen LogP contribution in [-0.2, 0) is 11.2 Å². The molecule has 29 heavy (non-hydrogen) atoms. The number of nitriles is 1. The van der Waals surface area contributed by atoms with Crippen molar-refractivity contribution in [1.29, 1.82) is 5.26 Å². The first-order chi connectivity index (χ1) is 13.9. The average molecular weight is 451 g/mol. The lowest BCUT2D eigenvalue weighted by Gasteiger charge is -2.09. The van der Waals surface area contributed by atoms with Crippen LogP contribution >= 0.6 is 15.9 Å². The van der Waals surface area contributed by atoms with Crippen molar-refractivity contribution in [2.75, 3.05) is 5.32 Å². The van der Waals surface area contributed by atoms with Crippen LogP contribution in [0.1, 0.15) is 16.7 Å². The number of hydrogen-bond acceptors (Lipinski definition) is 3. The van der Waals surface area contributed by atoms with Crippen LogP contribution in [0.15, 0.2) is 76.8 Å². The van der Waals surface area contributed by atoms with Gasteiger partial charge in [0.05, 0.1) is 0 Å². The molecule has 0 aromatic heterocycles. The SMILES string of the molecule is N#C/C(=C\c1cc(Br)ccc1Cc1cccc(F)c1)C(=O)Nc1ccc(O)cc1. The highest BCUT2D eigenvalue weighted by molar-refractivity contribution is 9.10. The van der Waals surface area contributed by atoms with Crippen LogP contribution < -0.4 is 5.32 Å². The number of anilines is 1. The lowest BCUT2D eigenvalue weighted by molar-refractivity contribution is -0.112. The van der Waals surface area contributed by atoms with Crippen molar-refractivity contribution in [3.05, 3.63) is 99.3 Å². The highest BCUT2D eigenvalue weighted by atomic mass is 79.9. The molecule has 0 saturated carbocycles. The molecule has 0 aliphatic heterocycles. The fourth-order valence-corrected chi connectivity index (χ4v) is 3.15. The normalized spacial score (nSPS) is 11.0. The molecule has 2 N–H and O–H groups in total. The van der Waals surface area contributed by atoms with Crippen molar-refractivity contribution in [3.8, 4) is 11.8 Å². The van der Waals surface area contributed by atoms with Crippen LogP contribution in [0.3, 0.4) is 0 Å². The first kappa shape index (κ1) is 20.3. The largest absolute Gasteiger partial charge is 0.508 e. The number of amides is 1. The Labute approximate surface area is 176 Å². The summed E-state index contributed by atoms with van der Waals surface area (Å²) in [6, 6.07) is 19.7. The van der Waals surface area contributed by atoms with E-state index in [4.69, 9.17) is 0 Å². The maximum atomic E-state index is 13.5. The maximum Gasteiger partial charge on any atom is 0.266 e. The molecule has 0 saturated heterocycles. The highest BCUT2D eigenvalue weighted by Gasteiger charge is 2.12. The van der Waals surface area contributed by atoms with E-state index in [1.807, 2.05) is 24.3 Å². The molecule has 0 spiro atoms. The predicted molar refractivity (Wildman–Crippen MR) is 114 cm³/mol. The zero-order chi connectivity index (χ0) is 20.8. The van der Waals surface area contributed by atoms with Crippen molar-refractivity contribution in [2.45, 2.75) is 6.42 Å². The molecular weight excluding hydrogens is 435 g/mol. The van der Waals surface area contributed by atoms with Gasteiger partial charge in [0.25, 0.3) is 5.91 Å². The van der Waals surface area contributed by atoms with Crippen molar-refractivity contribution in [2.24, 2.45) is 0 Å². The Morgan fingerprint density at radius 1 is 1.14 bits per heavy atom. The topological polar surface area (TPSA) is 73.1 Å². The van der Waals surface area contributed by atoms with E-state index in [0.717, 1.165) is 15.6 Å². The lowest BCUT2D eigenvalue weighted by atomic mass is 9.98. The zero-order valence-corrected chi connectivity index (χ0v) is 16.8. The molecule has 3 rings (SSSR count). The van der Waals surface area contributed by atoms with Gasteiger partial charge in [0, 0.05) is 10.2 Å². The molecule has 0 aliphatic carbocycles. The molecule has 0 bridgehead atoms. The summed E-state index contributed by atoms with van der Waals surface area (Å²) in [4.78, 5) is 12.5. The second kappa shape index (κ2) is 9.18. The number of carbonyl (C=O) groups is 1. The molecule has 0 fully saturated rings. The Bertz CT molecular complexity index is 1120. The first-order valence-corrected chi connectivity index (χ1v) is 9.49. The molecule has 4 nitrogen and oxygen atoms in total. The van der Waals surface area contributed by atoms with E-state index in [1.165, 1.54) is 42.5 Å². The van der Waals surface area contributed by atoms with Gasteiger partial charge in [-0.1, -0.05) is 34.1 Å². The molecule has 0 radical (unpaired) electrons. The number of phenols is 1. The molecule has 1 amide bonds. The molecule has 3 aromatic rings. The Morgan fingerprint density at radius 3 is 2.59 bits per heavy atom. The molecule has 0 atom stereocenters. The summed E-state index contributed by atoms with van der Waals surface area (Å²) in [5.41, 5.74) is 2.71. The van der Waals surface area contributed by atoms with Crippen LogP contribution in [-0.4, -0.2) is 11.0 Å². The van der Waals surface area contributed by atoms with Crippen LogP contribution in [0.2, 0.25) is 0 Å². The van der Waals surface area contributed by atoms with Crippen LogP contribution in [0.25, 0.3) is 6.08 Å². The monoisotopic (exact) mass is 450 g/mol. The number of nitrogens with zero attached hydrogens (tertiary/aromatic N) is 1. The van der Waals surface area contributed by atoms with Gasteiger partial charge in [-0.2, -0.15) is 5.26 Å². The van der Waals surface area contributed by atoms with E-state index in [-0.39, 0.29) is 17.1 Å². The fourth-order valence-electron chi connectivity index (χ4n) is 2.78. The minimum atomic E-state index is -0.560. The molecule has 0 unspecified atom stereocenters. The van der Waals surface area contributed by atoms with E-state index >= 15 is 0 Å². The van der Waals surface area contributed by atoms with Gasteiger partial charge in [-0.05, 0) is 77.7 Å². The molecule has 0 heterocycles. The maximum absolute atomic E-state index is 13.5. The van der Waals surface area contributed by atoms with Crippen LogP contribution in [0.5, 0.6) is 5.75 Å². The summed E-state index contributed by atoms with van der Waals surface area (Å²) < 4.78 is 14.3. The molecular formula is C23H16BrFN2O2. The van der Waals surface area contributed by atoms with Gasteiger partial charge in [0.1, 0.15) is 23.2 Å². The van der Waals surface area contributed by atoms with E-state index in [2.05, 4.69) is 21.2 Å². The highest BCUT2D eigenvalue weighted by Crippen LogP contribution is 2.23. The molecule has 0 aliphatic rings. The summed E-state index contributed by atoms with van der Waals surface area (Å²) in [7, 11) is 0. The predicted octanol–water partition coefficient (Wildman–Crippen LogP) is 5.43. The standard InChI is InChI=1S/C23H16BrFN2O2/c24-19-5-4-16(10-15-2-1-3-20(25)11-15)17(13-19)12-18(14-26)23(29)27-21-6-8-22(28)9-7-21/h1-9,11-13,28H,10H2,(H,27,29)/b18-12+. The first-order valence-electron chi connectivity index (χ1n) is 8.69. The second-order valence-corrected chi connectivity index (χ2v) is 7.24. The number of carbonyl (C=O) groups excluding carboxylic acids is 1. The number of benzene rings is 3. The average Bonchev–Trinajstić information content (AvgIpc) is 2.69. The number of hydrogen-bond donors (Lipinski definition) is 2. The minimum Gasteiger partial charge on any atom is -0.508 e. The molecule has 6 heteroatoms. The van der Waals surface area contributed by atoms with Gasteiger partial charge >= 0.3 is 0 Å². The molecule has 3 aromatic carbocycles. The second-order valence-electron chi connectivity index (χ2n) is 6.32. The number of aromatic hydroxyl groups is 1. The minimum absolute atomic E-state index is 0.0725. The molecule has 144 valence electrons. The summed E-state index contributed by atoms with van der Waals surface area (Å²) in [5, 5.41) is 21.4. The summed E-state index contributed by atoms with van der Waals surface area (Å²) in [5.74, 6) is -0.798. The van der Waals surface area contributed by atoms with Crippen molar-refractivity contribution in [3.63, 3.8) is 0 Å². The number of phenolic OH excluding ortho intramolecular Hbond substituents is 1. The van der Waals surface area contributed by atoms with Gasteiger partial charge < -0.3 is 10.4 Å². The Kier molecular flexibility index (Phi) is 6.43.